The van der Waals surface area contributed by atoms with E-state index in [1.54, 1.807) is 0 Å². The molecule has 0 bridgehead atoms. The van der Waals surface area contributed by atoms with E-state index in [0.29, 0.717) is 6.07 Å². The Hall–Kier alpha value is -1.93. The van der Waals surface area contributed by atoms with E-state index in [1.165, 1.54) is 0 Å². The molecule has 9 heteroatoms. The topological polar surface area (TPSA) is 48.4 Å². The summed E-state index contributed by atoms with van der Waals surface area (Å²) in [5.41, 5.74) is -1.53. The second-order valence-electron chi connectivity index (χ2n) is 2.94. The first-order valence-electron chi connectivity index (χ1n) is 4.36. The number of rotatable bonds is 4. The van der Waals surface area contributed by atoms with E-state index in [1.807, 2.05) is 0 Å². The number of halogens is 5. The van der Waals surface area contributed by atoms with Crippen LogP contribution in [0.5, 0.6) is 11.6 Å². The second-order valence-corrected chi connectivity index (χ2v) is 2.94. The molecule has 0 aliphatic carbocycles. The highest BCUT2D eigenvalue weighted by Gasteiger charge is 2.35. The SMILES string of the molecule is COc1c(C(F)F)cc(C=O)nc1OC(F)(F)F. The minimum atomic E-state index is -5.14. The first-order chi connectivity index (χ1) is 8.28. The number of methoxy groups -OCH3 is 1. The van der Waals surface area contributed by atoms with Crippen molar-refractivity contribution < 1.29 is 36.2 Å². The number of aromatic nitrogens is 1. The van der Waals surface area contributed by atoms with Crippen LogP contribution in [0, 0.1) is 0 Å². The lowest BCUT2D eigenvalue weighted by Gasteiger charge is -2.14. The predicted molar refractivity (Wildman–Crippen MR) is 47.8 cm³/mol. The molecule has 18 heavy (non-hydrogen) atoms. The molecule has 0 unspecified atom stereocenters. The Bertz CT molecular complexity index is 447. The molecule has 100 valence electrons. The maximum absolute atomic E-state index is 12.6. The number of alkyl halides is 5. The van der Waals surface area contributed by atoms with Crippen molar-refractivity contribution in [1.29, 1.82) is 0 Å². The molecule has 1 aromatic rings. The van der Waals surface area contributed by atoms with Crippen LogP contribution in [0.2, 0.25) is 0 Å². The minimum Gasteiger partial charge on any atom is -0.491 e. The zero-order valence-electron chi connectivity index (χ0n) is 8.79. The maximum Gasteiger partial charge on any atom is 0.574 e. The van der Waals surface area contributed by atoms with Gasteiger partial charge in [-0.2, -0.15) is 0 Å². The number of pyridine rings is 1. The van der Waals surface area contributed by atoms with Crippen molar-refractivity contribution in [2.45, 2.75) is 12.8 Å². The average molecular weight is 271 g/mol. The zero-order chi connectivity index (χ0) is 13.9. The Morgan fingerprint density at radius 1 is 1.39 bits per heavy atom. The van der Waals surface area contributed by atoms with Crippen LogP contribution in [0.4, 0.5) is 22.0 Å². The number of carbonyl (C=O) groups excluding carboxylic acids is 1. The van der Waals surface area contributed by atoms with Crippen LogP contribution in [-0.4, -0.2) is 24.7 Å². The van der Waals surface area contributed by atoms with Gasteiger partial charge in [0, 0.05) is 0 Å². The van der Waals surface area contributed by atoms with E-state index in [-0.39, 0.29) is 6.29 Å². The summed E-state index contributed by atoms with van der Waals surface area (Å²) in [4.78, 5) is 13.5. The lowest BCUT2D eigenvalue weighted by atomic mass is 10.2. The van der Waals surface area contributed by atoms with Gasteiger partial charge in [-0.1, -0.05) is 0 Å². The fourth-order valence-corrected chi connectivity index (χ4v) is 1.16. The Labute approximate surface area is 97.3 Å². The van der Waals surface area contributed by atoms with Gasteiger partial charge in [0.05, 0.1) is 12.7 Å². The fraction of sp³-hybridized carbons (Fsp3) is 0.333. The average Bonchev–Trinajstić information content (AvgIpc) is 2.25. The lowest BCUT2D eigenvalue weighted by molar-refractivity contribution is -0.276. The number of hydrogen-bond acceptors (Lipinski definition) is 4. The lowest BCUT2D eigenvalue weighted by Crippen LogP contribution is -2.19. The number of carbonyl (C=O) groups is 1. The Morgan fingerprint density at radius 3 is 2.39 bits per heavy atom. The van der Waals surface area contributed by atoms with Crippen LogP contribution in [0.3, 0.4) is 0 Å². The third-order valence-corrected chi connectivity index (χ3v) is 1.76. The van der Waals surface area contributed by atoms with Crippen molar-refractivity contribution in [3.8, 4) is 11.6 Å². The number of ether oxygens (including phenoxy) is 2. The van der Waals surface area contributed by atoms with Crippen LogP contribution in [0.25, 0.3) is 0 Å². The first kappa shape index (κ1) is 14.1. The van der Waals surface area contributed by atoms with Gasteiger partial charge >= 0.3 is 6.36 Å². The van der Waals surface area contributed by atoms with Crippen molar-refractivity contribution in [1.82, 2.24) is 4.98 Å². The quantitative estimate of drug-likeness (QED) is 0.624. The Balaban J connectivity index is 3.37. The zero-order valence-corrected chi connectivity index (χ0v) is 8.79. The molecule has 0 radical (unpaired) electrons. The fourth-order valence-electron chi connectivity index (χ4n) is 1.16. The van der Waals surface area contributed by atoms with E-state index in [4.69, 9.17) is 0 Å². The number of nitrogens with zero attached hydrogens (tertiary/aromatic N) is 1. The summed E-state index contributed by atoms with van der Waals surface area (Å²) in [5.74, 6) is -2.10. The Morgan fingerprint density at radius 2 is 2.00 bits per heavy atom. The molecule has 1 heterocycles. The predicted octanol–water partition coefficient (Wildman–Crippen LogP) is 2.74. The summed E-state index contributed by atoms with van der Waals surface area (Å²) >= 11 is 0. The molecule has 4 nitrogen and oxygen atoms in total. The molecule has 0 saturated carbocycles. The summed E-state index contributed by atoms with van der Waals surface area (Å²) in [6, 6.07) is 0.625. The highest BCUT2D eigenvalue weighted by molar-refractivity contribution is 5.73. The molecular weight excluding hydrogens is 265 g/mol. The summed E-state index contributed by atoms with van der Waals surface area (Å²) < 4.78 is 69.1. The van der Waals surface area contributed by atoms with Gasteiger partial charge in [-0.25, -0.2) is 13.8 Å². The largest absolute Gasteiger partial charge is 0.574 e. The van der Waals surface area contributed by atoms with Gasteiger partial charge < -0.3 is 9.47 Å². The van der Waals surface area contributed by atoms with Gasteiger partial charge in [-0.05, 0) is 6.07 Å². The second kappa shape index (κ2) is 5.15. The van der Waals surface area contributed by atoms with Gasteiger partial charge in [0.1, 0.15) is 5.69 Å². The van der Waals surface area contributed by atoms with Crippen LogP contribution in [0.15, 0.2) is 6.07 Å². The standard InChI is InChI=1S/C9H6F5NO3/c1-17-6-5(7(10)11)2-4(3-16)15-8(6)18-9(12,13)14/h2-3,7H,1H3. The summed E-state index contributed by atoms with van der Waals surface area (Å²) in [6.45, 7) is 0. The molecule has 0 N–H and O–H groups in total. The molecule has 0 fully saturated rings. The molecule has 1 rings (SSSR count). The van der Waals surface area contributed by atoms with Gasteiger partial charge in [0.25, 0.3) is 12.3 Å². The molecule has 0 aliphatic rings. The molecule has 0 saturated heterocycles. The minimum absolute atomic E-state index is 0.0224. The molecular formula is C9H6F5NO3. The Kier molecular flexibility index (Phi) is 4.04. The summed E-state index contributed by atoms with van der Waals surface area (Å²) in [6.07, 6.45) is -8.26. The van der Waals surface area contributed by atoms with Gasteiger partial charge in [-0.3, -0.25) is 4.79 Å². The summed E-state index contributed by atoms with van der Waals surface area (Å²) in [5, 5.41) is 0. The van der Waals surface area contributed by atoms with Crippen molar-refractivity contribution in [2.75, 3.05) is 7.11 Å². The molecule has 1 aromatic heterocycles. The van der Waals surface area contributed by atoms with Gasteiger partial charge in [0.2, 0.25) is 0 Å². The van der Waals surface area contributed by atoms with Crippen molar-refractivity contribution in [3.63, 3.8) is 0 Å². The maximum atomic E-state index is 12.6. The molecule has 0 aromatic carbocycles. The number of hydrogen-bond donors (Lipinski definition) is 0. The molecule has 0 spiro atoms. The highest BCUT2D eigenvalue weighted by atomic mass is 19.4. The van der Waals surface area contributed by atoms with Crippen molar-refractivity contribution >= 4 is 6.29 Å². The number of aldehydes is 1. The van der Waals surface area contributed by atoms with E-state index in [9.17, 15) is 26.7 Å². The third kappa shape index (κ3) is 3.28. The molecule has 0 amide bonds. The van der Waals surface area contributed by atoms with E-state index >= 15 is 0 Å². The normalized spacial score (nSPS) is 11.5. The van der Waals surface area contributed by atoms with E-state index < -0.39 is 35.7 Å². The highest BCUT2D eigenvalue weighted by Crippen LogP contribution is 2.38. The van der Waals surface area contributed by atoms with Gasteiger partial charge in [0.15, 0.2) is 12.0 Å². The van der Waals surface area contributed by atoms with E-state index in [2.05, 4.69) is 14.5 Å². The van der Waals surface area contributed by atoms with E-state index in [0.717, 1.165) is 7.11 Å². The van der Waals surface area contributed by atoms with Crippen LogP contribution < -0.4 is 9.47 Å². The van der Waals surface area contributed by atoms with Crippen LogP contribution in [0.1, 0.15) is 22.5 Å². The first-order valence-corrected chi connectivity index (χ1v) is 4.36. The van der Waals surface area contributed by atoms with Crippen molar-refractivity contribution in [2.24, 2.45) is 0 Å². The van der Waals surface area contributed by atoms with Gasteiger partial charge in [-0.15, -0.1) is 13.2 Å². The summed E-state index contributed by atoms with van der Waals surface area (Å²) in [7, 11) is 0.882. The van der Waals surface area contributed by atoms with Crippen molar-refractivity contribution in [3.05, 3.63) is 17.3 Å². The molecule has 0 aliphatic heterocycles. The van der Waals surface area contributed by atoms with Crippen LogP contribution >= 0.6 is 0 Å². The van der Waals surface area contributed by atoms with Crippen LogP contribution in [-0.2, 0) is 0 Å². The third-order valence-electron chi connectivity index (χ3n) is 1.76. The smallest absolute Gasteiger partial charge is 0.491 e. The monoisotopic (exact) mass is 271 g/mol. The molecule has 0 atom stereocenters.